The lowest BCUT2D eigenvalue weighted by atomic mass is 10.0. The third kappa shape index (κ3) is 4.96. The summed E-state index contributed by atoms with van der Waals surface area (Å²) in [5, 5.41) is 13.8. The fourth-order valence-corrected chi connectivity index (χ4v) is 5.61. The van der Waals surface area contributed by atoms with Crippen molar-refractivity contribution in [3.63, 3.8) is 0 Å². The standard InChI is InChI=1S/C31H33N7O2/c1-21-8-7-11-28(22(21)2)36-14-16-37(17-15-36)29(30-33-34-35-38(30)20-23-9-5-4-6-10-23)26-19-24-18-25(40-3)12-13-27(24)32-31(26)39/h4-13,18-19,29H,14-17,20H2,1-3H3,(H,32,39). The van der Waals surface area contributed by atoms with Gasteiger partial charge in [0.1, 0.15) is 11.8 Å². The number of fused-ring (bicyclic) bond motifs is 1. The zero-order chi connectivity index (χ0) is 27.6. The summed E-state index contributed by atoms with van der Waals surface area (Å²) in [6, 6.07) is 23.8. The van der Waals surface area contributed by atoms with Crippen LogP contribution < -0.4 is 15.2 Å². The number of piperazine rings is 1. The molecule has 1 fully saturated rings. The fraction of sp³-hybridized carbons (Fsp3) is 0.290. The molecule has 6 rings (SSSR count). The van der Waals surface area contributed by atoms with Gasteiger partial charge in [-0.05, 0) is 71.3 Å². The summed E-state index contributed by atoms with van der Waals surface area (Å²) >= 11 is 0. The van der Waals surface area contributed by atoms with E-state index in [1.807, 2.05) is 47.1 Å². The Morgan fingerprint density at radius 1 is 0.950 bits per heavy atom. The van der Waals surface area contributed by atoms with Crippen LogP contribution in [-0.4, -0.2) is 63.4 Å². The van der Waals surface area contributed by atoms with Crippen LogP contribution in [0.5, 0.6) is 5.75 Å². The van der Waals surface area contributed by atoms with Crippen molar-refractivity contribution < 1.29 is 4.74 Å². The zero-order valence-corrected chi connectivity index (χ0v) is 23.0. The van der Waals surface area contributed by atoms with E-state index in [2.05, 4.69) is 74.5 Å². The van der Waals surface area contributed by atoms with Gasteiger partial charge in [0.05, 0.1) is 13.7 Å². The van der Waals surface area contributed by atoms with Crippen LogP contribution in [0.1, 0.15) is 34.1 Å². The molecular weight excluding hydrogens is 502 g/mol. The lowest BCUT2D eigenvalue weighted by molar-refractivity contribution is 0.200. The molecule has 0 aliphatic carbocycles. The number of aromatic amines is 1. The average molecular weight is 536 g/mol. The first-order valence-corrected chi connectivity index (χ1v) is 13.6. The van der Waals surface area contributed by atoms with E-state index in [1.165, 1.54) is 16.8 Å². The van der Waals surface area contributed by atoms with Gasteiger partial charge in [0.15, 0.2) is 5.82 Å². The van der Waals surface area contributed by atoms with Crippen molar-refractivity contribution in [1.82, 2.24) is 30.1 Å². The van der Waals surface area contributed by atoms with Crippen LogP contribution in [0.4, 0.5) is 5.69 Å². The van der Waals surface area contributed by atoms with E-state index in [9.17, 15) is 4.79 Å². The van der Waals surface area contributed by atoms with Crippen molar-refractivity contribution in [3.8, 4) is 5.75 Å². The van der Waals surface area contributed by atoms with Gasteiger partial charge in [-0.15, -0.1) is 5.10 Å². The van der Waals surface area contributed by atoms with Crippen LogP contribution in [0.3, 0.4) is 0 Å². The molecule has 0 spiro atoms. The summed E-state index contributed by atoms with van der Waals surface area (Å²) < 4.78 is 7.27. The predicted octanol–water partition coefficient (Wildman–Crippen LogP) is 4.10. The van der Waals surface area contributed by atoms with Crippen LogP contribution in [0.15, 0.2) is 77.6 Å². The summed E-state index contributed by atoms with van der Waals surface area (Å²) in [7, 11) is 1.64. The van der Waals surface area contributed by atoms with Crippen LogP contribution in [0.2, 0.25) is 0 Å². The third-order valence-corrected chi connectivity index (χ3v) is 7.95. The highest BCUT2D eigenvalue weighted by Crippen LogP contribution is 2.31. The quantitative estimate of drug-likeness (QED) is 0.336. The lowest BCUT2D eigenvalue weighted by Crippen LogP contribution is -2.49. The van der Waals surface area contributed by atoms with Gasteiger partial charge in [-0.1, -0.05) is 42.5 Å². The van der Waals surface area contributed by atoms with E-state index in [-0.39, 0.29) is 5.56 Å². The monoisotopic (exact) mass is 535 g/mol. The van der Waals surface area contributed by atoms with E-state index < -0.39 is 6.04 Å². The average Bonchev–Trinajstić information content (AvgIpc) is 3.43. The number of pyridine rings is 1. The molecule has 0 amide bonds. The van der Waals surface area contributed by atoms with E-state index >= 15 is 0 Å². The second-order valence-corrected chi connectivity index (χ2v) is 10.3. The molecule has 5 aromatic rings. The summed E-state index contributed by atoms with van der Waals surface area (Å²) in [5.74, 6) is 1.38. The van der Waals surface area contributed by atoms with Crippen molar-refractivity contribution in [3.05, 3.63) is 111 Å². The summed E-state index contributed by atoms with van der Waals surface area (Å²) in [6.45, 7) is 8.03. The molecule has 0 saturated carbocycles. The number of rotatable bonds is 7. The van der Waals surface area contributed by atoms with Gasteiger partial charge in [-0.3, -0.25) is 9.69 Å². The number of tetrazole rings is 1. The molecule has 1 unspecified atom stereocenters. The third-order valence-electron chi connectivity index (χ3n) is 7.95. The maximum absolute atomic E-state index is 13.6. The van der Waals surface area contributed by atoms with E-state index in [1.54, 1.807) is 7.11 Å². The normalized spacial score (nSPS) is 14.9. The van der Waals surface area contributed by atoms with Gasteiger partial charge in [-0.2, -0.15) is 0 Å². The molecular formula is C31H33N7O2. The summed E-state index contributed by atoms with van der Waals surface area (Å²) in [4.78, 5) is 21.4. The minimum atomic E-state index is -0.418. The van der Waals surface area contributed by atoms with Crippen LogP contribution in [-0.2, 0) is 6.54 Å². The van der Waals surface area contributed by atoms with Crippen LogP contribution >= 0.6 is 0 Å². The first-order valence-electron chi connectivity index (χ1n) is 13.6. The molecule has 9 nitrogen and oxygen atoms in total. The number of benzene rings is 3. The number of anilines is 1. The second kappa shape index (κ2) is 10.9. The predicted molar refractivity (Wildman–Crippen MR) is 156 cm³/mol. The van der Waals surface area contributed by atoms with Gasteiger partial charge >= 0.3 is 0 Å². The van der Waals surface area contributed by atoms with Gasteiger partial charge in [-0.25, -0.2) is 4.68 Å². The first kappa shape index (κ1) is 25.8. The number of hydrogen-bond acceptors (Lipinski definition) is 7. The van der Waals surface area contributed by atoms with Crippen molar-refractivity contribution in [1.29, 1.82) is 0 Å². The molecule has 9 heteroatoms. The lowest BCUT2D eigenvalue weighted by Gasteiger charge is -2.40. The maximum atomic E-state index is 13.6. The number of nitrogens with zero attached hydrogens (tertiary/aromatic N) is 6. The van der Waals surface area contributed by atoms with E-state index in [0.29, 0.717) is 17.9 Å². The molecule has 2 aromatic heterocycles. The highest BCUT2D eigenvalue weighted by molar-refractivity contribution is 5.80. The Bertz CT molecular complexity index is 1690. The van der Waals surface area contributed by atoms with Crippen LogP contribution in [0.25, 0.3) is 10.9 Å². The number of H-pyrrole nitrogens is 1. The minimum Gasteiger partial charge on any atom is -0.497 e. The Morgan fingerprint density at radius 3 is 2.52 bits per heavy atom. The number of aryl methyl sites for hydroxylation is 1. The fourth-order valence-electron chi connectivity index (χ4n) is 5.61. The van der Waals surface area contributed by atoms with Crippen molar-refractivity contribution in [2.45, 2.75) is 26.4 Å². The molecule has 0 radical (unpaired) electrons. The smallest absolute Gasteiger partial charge is 0.253 e. The Balaban J connectivity index is 1.39. The first-order chi connectivity index (χ1) is 19.5. The van der Waals surface area contributed by atoms with Crippen molar-refractivity contribution >= 4 is 16.6 Å². The molecule has 40 heavy (non-hydrogen) atoms. The Kier molecular flexibility index (Phi) is 7.04. The topological polar surface area (TPSA) is 92.2 Å². The van der Waals surface area contributed by atoms with Gasteiger partial charge in [0, 0.05) is 48.3 Å². The molecule has 1 N–H and O–H groups in total. The van der Waals surface area contributed by atoms with Gasteiger partial charge < -0.3 is 14.6 Å². The highest BCUT2D eigenvalue weighted by atomic mass is 16.5. The molecule has 0 bridgehead atoms. The Hall–Kier alpha value is -4.50. The number of aromatic nitrogens is 5. The Morgan fingerprint density at radius 2 is 1.75 bits per heavy atom. The number of hydrogen-bond donors (Lipinski definition) is 1. The summed E-state index contributed by atoms with van der Waals surface area (Å²) in [5.41, 5.74) is 6.18. The molecule has 204 valence electrons. The minimum absolute atomic E-state index is 0.145. The SMILES string of the molecule is COc1ccc2[nH]c(=O)c(C(c3nnnn3Cc3ccccc3)N3CCN(c4cccc(C)c4C)CC3)cc2c1. The number of nitrogens with one attached hydrogen (secondary N) is 1. The van der Waals surface area contributed by atoms with Gasteiger partial charge in [0.25, 0.3) is 5.56 Å². The number of methoxy groups -OCH3 is 1. The van der Waals surface area contributed by atoms with Crippen molar-refractivity contribution in [2.24, 2.45) is 0 Å². The molecule has 3 heterocycles. The molecule has 3 aromatic carbocycles. The molecule has 1 atom stereocenters. The molecule has 1 aliphatic rings. The highest BCUT2D eigenvalue weighted by Gasteiger charge is 2.33. The van der Waals surface area contributed by atoms with Gasteiger partial charge in [0.2, 0.25) is 0 Å². The summed E-state index contributed by atoms with van der Waals surface area (Å²) in [6.07, 6.45) is 0. The molecule has 1 aliphatic heterocycles. The Labute approximate surface area is 233 Å². The van der Waals surface area contributed by atoms with E-state index in [4.69, 9.17) is 4.74 Å². The second-order valence-electron chi connectivity index (χ2n) is 10.3. The van der Waals surface area contributed by atoms with Crippen molar-refractivity contribution in [2.75, 3.05) is 38.2 Å². The largest absolute Gasteiger partial charge is 0.497 e. The maximum Gasteiger partial charge on any atom is 0.253 e. The molecule has 1 saturated heterocycles. The number of ether oxygens (including phenoxy) is 1. The van der Waals surface area contributed by atoms with Crippen LogP contribution in [0, 0.1) is 13.8 Å². The zero-order valence-electron chi connectivity index (χ0n) is 23.0. The van der Waals surface area contributed by atoms with E-state index in [0.717, 1.165) is 48.4 Å².